The number of aliphatic hydroxyl groups is 1. The third kappa shape index (κ3) is 4.02. The van der Waals surface area contributed by atoms with Crippen LogP contribution in [-0.4, -0.2) is 28.7 Å². The van der Waals surface area contributed by atoms with Crippen molar-refractivity contribution >= 4 is 11.9 Å². The summed E-state index contributed by atoms with van der Waals surface area (Å²) in [6.07, 6.45) is 2.84. The van der Waals surface area contributed by atoms with Crippen LogP contribution in [0.4, 0.5) is 0 Å². The van der Waals surface area contributed by atoms with Gasteiger partial charge in [-0.2, -0.15) is 0 Å². The average Bonchev–Trinajstić information content (AvgIpc) is 3.10. The Kier molecular flexibility index (Phi) is 5.78. The number of nitroso groups, excluding NO2 is 1. The molecule has 2 aliphatic carbocycles. The number of amides is 1. The van der Waals surface area contributed by atoms with Crippen LogP contribution >= 0.6 is 0 Å². The van der Waals surface area contributed by atoms with Crippen LogP contribution in [0, 0.1) is 34.5 Å². The molecule has 136 valence electrons. The maximum absolute atomic E-state index is 12.5. The second kappa shape index (κ2) is 7.30. The molecular formula is C18H29NO5. The zero-order valence-corrected chi connectivity index (χ0v) is 15.0. The average molecular weight is 339 g/mol. The molecule has 0 spiro atoms. The molecule has 2 aliphatic rings. The van der Waals surface area contributed by atoms with E-state index in [4.69, 9.17) is 4.74 Å². The topological polar surface area (TPSA) is 93.0 Å². The van der Waals surface area contributed by atoms with E-state index in [2.05, 4.69) is 5.18 Å². The molecule has 0 aliphatic heterocycles. The van der Waals surface area contributed by atoms with Gasteiger partial charge in [-0.25, -0.2) is 0 Å². The minimum atomic E-state index is -0.779. The van der Waals surface area contributed by atoms with E-state index in [0.29, 0.717) is 19.3 Å². The maximum atomic E-state index is 12.5. The molecule has 0 bridgehead atoms. The van der Waals surface area contributed by atoms with Crippen molar-refractivity contribution in [1.29, 1.82) is 0 Å². The fourth-order valence-corrected chi connectivity index (χ4v) is 4.51. The Labute approximate surface area is 143 Å². The van der Waals surface area contributed by atoms with Gasteiger partial charge in [0.2, 0.25) is 0 Å². The molecule has 6 nitrogen and oxygen atoms in total. The predicted octanol–water partition coefficient (Wildman–Crippen LogP) is 3.06. The lowest BCUT2D eigenvalue weighted by Crippen LogP contribution is -2.41. The highest BCUT2D eigenvalue weighted by Gasteiger charge is 2.49. The van der Waals surface area contributed by atoms with Crippen molar-refractivity contribution in [2.75, 3.05) is 0 Å². The van der Waals surface area contributed by atoms with Crippen molar-refractivity contribution in [3.63, 3.8) is 0 Å². The van der Waals surface area contributed by atoms with Gasteiger partial charge in [-0.15, -0.1) is 4.91 Å². The first-order valence-electron chi connectivity index (χ1n) is 8.94. The number of esters is 1. The number of rotatable bonds is 4. The molecule has 0 heterocycles. The predicted molar refractivity (Wildman–Crippen MR) is 88.9 cm³/mol. The minimum absolute atomic E-state index is 0.179. The maximum Gasteiger partial charge on any atom is 0.309 e. The standard InChI is InChI=1S/C18H29NO5/c1-10-8-9-13(17(22)24-18(2,3)4)14(10)15(20)11-6-5-7-12(11)16(21)19-23/h10-15,20H,5-9H2,1-4H3. The molecule has 0 saturated heterocycles. The lowest BCUT2D eigenvalue weighted by atomic mass is 9.76. The van der Waals surface area contributed by atoms with Gasteiger partial charge < -0.3 is 9.84 Å². The van der Waals surface area contributed by atoms with Crippen molar-refractivity contribution in [3.8, 4) is 0 Å². The summed E-state index contributed by atoms with van der Waals surface area (Å²) < 4.78 is 5.52. The Morgan fingerprint density at radius 1 is 1.12 bits per heavy atom. The first kappa shape index (κ1) is 19.0. The van der Waals surface area contributed by atoms with Crippen molar-refractivity contribution < 1.29 is 19.4 Å². The van der Waals surface area contributed by atoms with Gasteiger partial charge in [0, 0.05) is 17.0 Å². The lowest BCUT2D eigenvalue weighted by Gasteiger charge is -2.33. The van der Waals surface area contributed by atoms with Crippen molar-refractivity contribution in [2.24, 2.45) is 34.8 Å². The molecule has 6 atom stereocenters. The monoisotopic (exact) mass is 339 g/mol. The Balaban J connectivity index is 2.15. The number of hydrogen-bond acceptors (Lipinski definition) is 5. The van der Waals surface area contributed by atoms with E-state index in [1.165, 1.54) is 0 Å². The summed E-state index contributed by atoms with van der Waals surface area (Å²) in [6.45, 7) is 7.52. The molecule has 2 fully saturated rings. The molecule has 0 aromatic carbocycles. The molecule has 0 aromatic heterocycles. The number of aliphatic hydroxyl groups excluding tert-OH is 1. The van der Waals surface area contributed by atoms with E-state index >= 15 is 0 Å². The summed E-state index contributed by atoms with van der Waals surface area (Å²) in [5, 5.41) is 13.5. The van der Waals surface area contributed by atoms with E-state index in [0.717, 1.165) is 12.8 Å². The van der Waals surface area contributed by atoms with Crippen LogP contribution in [0.2, 0.25) is 0 Å². The zero-order valence-electron chi connectivity index (χ0n) is 15.0. The van der Waals surface area contributed by atoms with Crippen LogP contribution in [0.3, 0.4) is 0 Å². The van der Waals surface area contributed by atoms with E-state index in [-0.39, 0.29) is 29.6 Å². The molecule has 6 heteroatoms. The molecule has 2 rings (SSSR count). The number of ether oxygens (including phenoxy) is 1. The number of carbonyl (C=O) groups is 2. The summed E-state index contributed by atoms with van der Waals surface area (Å²) in [4.78, 5) is 34.9. The molecule has 1 amide bonds. The zero-order chi connectivity index (χ0) is 18.1. The highest BCUT2D eigenvalue weighted by Crippen LogP contribution is 2.46. The van der Waals surface area contributed by atoms with Gasteiger partial charge in [-0.05, 0) is 58.3 Å². The first-order valence-corrected chi connectivity index (χ1v) is 8.94. The van der Waals surface area contributed by atoms with Crippen LogP contribution in [0.1, 0.15) is 59.8 Å². The van der Waals surface area contributed by atoms with Gasteiger partial charge in [-0.3, -0.25) is 9.59 Å². The fraction of sp³-hybridized carbons (Fsp3) is 0.889. The van der Waals surface area contributed by atoms with E-state index in [1.54, 1.807) is 0 Å². The Morgan fingerprint density at radius 2 is 1.79 bits per heavy atom. The van der Waals surface area contributed by atoms with Gasteiger partial charge in [0.1, 0.15) is 5.60 Å². The summed E-state index contributed by atoms with van der Waals surface area (Å²) in [5.74, 6) is -2.14. The van der Waals surface area contributed by atoms with Crippen LogP contribution < -0.4 is 0 Å². The third-order valence-electron chi connectivity index (χ3n) is 5.57. The van der Waals surface area contributed by atoms with Gasteiger partial charge >= 0.3 is 5.97 Å². The van der Waals surface area contributed by atoms with E-state index < -0.39 is 23.5 Å². The van der Waals surface area contributed by atoms with E-state index in [9.17, 15) is 19.6 Å². The highest BCUT2D eigenvalue weighted by atomic mass is 16.6. The number of carbonyl (C=O) groups excluding carboxylic acids is 2. The van der Waals surface area contributed by atoms with Crippen LogP contribution in [0.25, 0.3) is 0 Å². The molecule has 0 aromatic rings. The SMILES string of the molecule is CC1CCC(C(=O)OC(C)(C)C)C1C(O)C1CCCC1C(=O)N=O. The van der Waals surface area contributed by atoms with Crippen molar-refractivity contribution in [3.05, 3.63) is 4.91 Å². The molecule has 0 radical (unpaired) electrons. The van der Waals surface area contributed by atoms with Crippen LogP contribution in [0.15, 0.2) is 5.18 Å². The second-order valence-corrected chi connectivity index (χ2v) is 8.39. The highest BCUT2D eigenvalue weighted by molar-refractivity contribution is 5.80. The lowest BCUT2D eigenvalue weighted by molar-refractivity contribution is -0.164. The van der Waals surface area contributed by atoms with Crippen molar-refractivity contribution in [1.82, 2.24) is 0 Å². The summed E-state index contributed by atoms with van der Waals surface area (Å²) in [5.41, 5.74) is -0.564. The van der Waals surface area contributed by atoms with Gasteiger partial charge in [0.25, 0.3) is 5.91 Å². The van der Waals surface area contributed by atoms with E-state index in [1.807, 2.05) is 27.7 Å². The molecular weight excluding hydrogens is 310 g/mol. The van der Waals surface area contributed by atoms with Crippen LogP contribution in [-0.2, 0) is 14.3 Å². The summed E-state index contributed by atoms with van der Waals surface area (Å²) in [6, 6.07) is 0. The Hall–Kier alpha value is -1.30. The Morgan fingerprint density at radius 3 is 2.38 bits per heavy atom. The Bertz CT molecular complexity index is 498. The molecule has 6 unspecified atom stereocenters. The fourth-order valence-electron chi connectivity index (χ4n) is 4.51. The van der Waals surface area contributed by atoms with Crippen molar-refractivity contribution in [2.45, 2.75) is 71.5 Å². The minimum Gasteiger partial charge on any atom is -0.460 e. The normalized spacial score (nSPS) is 34.8. The number of hydrogen-bond donors (Lipinski definition) is 1. The van der Waals surface area contributed by atoms with Crippen LogP contribution in [0.5, 0.6) is 0 Å². The number of nitrogens with zero attached hydrogens (tertiary/aromatic N) is 1. The molecule has 1 N–H and O–H groups in total. The second-order valence-electron chi connectivity index (χ2n) is 8.39. The molecule has 2 saturated carbocycles. The van der Waals surface area contributed by atoms with Gasteiger partial charge in [-0.1, -0.05) is 13.3 Å². The molecule has 24 heavy (non-hydrogen) atoms. The summed E-state index contributed by atoms with van der Waals surface area (Å²) in [7, 11) is 0. The van der Waals surface area contributed by atoms with Gasteiger partial charge in [0.15, 0.2) is 0 Å². The summed E-state index contributed by atoms with van der Waals surface area (Å²) >= 11 is 0. The largest absolute Gasteiger partial charge is 0.460 e. The first-order chi connectivity index (χ1) is 11.2. The van der Waals surface area contributed by atoms with Gasteiger partial charge in [0.05, 0.1) is 12.0 Å². The smallest absolute Gasteiger partial charge is 0.309 e. The third-order valence-corrected chi connectivity index (χ3v) is 5.57. The quantitative estimate of drug-likeness (QED) is 0.627.